The van der Waals surface area contributed by atoms with Gasteiger partial charge >= 0.3 is 0 Å². The van der Waals surface area contributed by atoms with E-state index in [-0.39, 0.29) is 22.7 Å². The molecule has 0 saturated carbocycles. The van der Waals surface area contributed by atoms with Crippen molar-refractivity contribution in [3.8, 4) is 5.75 Å². The van der Waals surface area contributed by atoms with Gasteiger partial charge in [0.25, 0.3) is 0 Å². The maximum atomic E-state index is 12.1. The predicted octanol–water partition coefficient (Wildman–Crippen LogP) is 6.73. The van der Waals surface area contributed by atoms with Crippen LogP contribution in [0.2, 0.25) is 23.4 Å². The SMILES string of the molecule is COc1ccc(C(OC[C@H]2O[C@@H](n3cnc4c(N)nc(Cl)nc43)C(O[Si](C)(C)C(C)(C)C)[C@H]2O)(c2ccccc2)c2ccccc2)cc1. The zero-order chi connectivity index (χ0) is 34.3. The van der Waals surface area contributed by atoms with Crippen molar-refractivity contribution in [2.24, 2.45) is 0 Å². The summed E-state index contributed by atoms with van der Waals surface area (Å²) in [6.45, 7) is 10.8. The fourth-order valence-corrected chi connectivity index (χ4v) is 7.41. The normalized spacial score (nSPS) is 20.3. The van der Waals surface area contributed by atoms with Crippen molar-refractivity contribution in [3.63, 3.8) is 0 Å². The molecule has 4 atom stereocenters. The molecule has 12 heteroatoms. The van der Waals surface area contributed by atoms with Crippen LogP contribution in [-0.4, -0.2) is 65.0 Å². The third-order valence-electron chi connectivity index (χ3n) is 9.57. The largest absolute Gasteiger partial charge is 0.497 e. The van der Waals surface area contributed by atoms with Crippen LogP contribution in [-0.2, 0) is 19.5 Å². The minimum absolute atomic E-state index is 0.0166. The standard InChI is InChI=1S/C36H42ClN5O5Si/c1-35(2,3)48(5,6)47-30-29(43)27(46-33(30)42-22-39-28-31(38)40-34(37)41-32(28)42)21-45-36(23-13-9-7-10-14-23,24-15-11-8-12-16-24)25-17-19-26(44-4)20-18-25/h7-20,22,27,29-30,33,43H,21H2,1-6H3,(H2,38,40,41)/t27-,29+,30?,33-/m1/s1. The van der Waals surface area contributed by atoms with Crippen LogP contribution in [0.3, 0.4) is 0 Å². The average Bonchev–Trinajstić information content (AvgIpc) is 3.62. The van der Waals surface area contributed by atoms with Gasteiger partial charge in [-0.05, 0) is 58.6 Å². The summed E-state index contributed by atoms with van der Waals surface area (Å²) < 4.78 is 27.9. The van der Waals surface area contributed by atoms with Gasteiger partial charge in [-0.15, -0.1) is 0 Å². The van der Waals surface area contributed by atoms with E-state index in [2.05, 4.69) is 48.8 Å². The molecule has 1 aliphatic rings. The van der Waals surface area contributed by atoms with Gasteiger partial charge in [-0.2, -0.15) is 9.97 Å². The summed E-state index contributed by atoms with van der Waals surface area (Å²) in [4.78, 5) is 12.9. The highest BCUT2D eigenvalue weighted by atomic mass is 35.5. The van der Waals surface area contributed by atoms with Gasteiger partial charge in [0, 0.05) is 0 Å². The Balaban J connectivity index is 1.43. The molecule has 0 radical (unpaired) electrons. The molecule has 1 saturated heterocycles. The zero-order valence-electron chi connectivity index (χ0n) is 28.0. The first-order valence-electron chi connectivity index (χ1n) is 15.9. The molecule has 0 spiro atoms. The van der Waals surface area contributed by atoms with Crippen molar-refractivity contribution < 1.29 is 23.7 Å². The average molecular weight is 688 g/mol. The topological polar surface area (TPSA) is 127 Å². The van der Waals surface area contributed by atoms with E-state index in [0.29, 0.717) is 11.2 Å². The highest BCUT2D eigenvalue weighted by molar-refractivity contribution is 6.74. The van der Waals surface area contributed by atoms with Crippen LogP contribution < -0.4 is 10.5 Å². The number of nitrogen functional groups attached to an aromatic ring is 1. The minimum atomic E-state index is -2.42. The fourth-order valence-electron chi connectivity index (χ4n) is 5.95. The van der Waals surface area contributed by atoms with Crippen LogP contribution in [0.15, 0.2) is 91.3 Å². The van der Waals surface area contributed by atoms with E-state index in [1.165, 1.54) is 0 Å². The van der Waals surface area contributed by atoms with E-state index in [1.807, 2.05) is 84.9 Å². The zero-order valence-corrected chi connectivity index (χ0v) is 29.8. The van der Waals surface area contributed by atoms with Crippen LogP contribution in [0, 0.1) is 0 Å². The number of methoxy groups -OCH3 is 1. The van der Waals surface area contributed by atoms with Crippen LogP contribution in [0.4, 0.5) is 5.82 Å². The lowest BCUT2D eigenvalue weighted by Crippen LogP contribution is -2.49. The molecule has 3 N–H and O–H groups in total. The Bertz CT molecular complexity index is 1810. The molecule has 1 fully saturated rings. The number of rotatable bonds is 10. The summed E-state index contributed by atoms with van der Waals surface area (Å²) in [5, 5.41) is 11.9. The van der Waals surface area contributed by atoms with Crippen molar-refractivity contribution in [1.29, 1.82) is 0 Å². The van der Waals surface area contributed by atoms with Crippen molar-refractivity contribution >= 4 is 36.9 Å². The van der Waals surface area contributed by atoms with Gasteiger partial charge in [0.2, 0.25) is 5.28 Å². The number of aliphatic hydroxyl groups is 1. The fraction of sp³-hybridized carbons (Fsp3) is 0.361. The molecule has 0 amide bonds. The van der Waals surface area contributed by atoms with Gasteiger partial charge in [0.1, 0.15) is 35.2 Å². The second kappa shape index (κ2) is 13.2. The molecule has 6 rings (SSSR count). The third-order valence-corrected chi connectivity index (χ3v) is 14.2. The van der Waals surface area contributed by atoms with Crippen LogP contribution in [0.5, 0.6) is 5.75 Å². The predicted molar refractivity (Wildman–Crippen MR) is 188 cm³/mol. The summed E-state index contributed by atoms with van der Waals surface area (Å²) >= 11 is 6.23. The van der Waals surface area contributed by atoms with E-state index < -0.39 is 38.5 Å². The lowest BCUT2D eigenvalue weighted by Gasteiger charge is -2.40. The first kappa shape index (κ1) is 34.0. The molecular formula is C36H42ClN5O5Si. The summed E-state index contributed by atoms with van der Waals surface area (Å²) in [6.07, 6.45) is -1.85. The molecule has 0 bridgehead atoms. The van der Waals surface area contributed by atoms with E-state index in [4.69, 9.17) is 36.0 Å². The Hall–Kier alpha value is -3.84. The molecule has 1 unspecified atom stereocenters. The van der Waals surface area contributed by atoms with Crippen LogP contribution in [0.1, 0.15) is 43.7 Å². The smallest absolute Gasteiger partial charge is 0.226 e. The van der Waals surface area contributed by atoms with E-state index >= 15 is 0 Å². The summed E-state index contributed by atoms with van der Waals surface area (Å²) in [6, 6.07) is 27.9. The molecule has 2 aromatic heterocycles. The highest BCUT2D eigenvalue weighted by Gasteiger charge is 2.52. The summed E-state index contributed by atoms with van der Waals surface area (Å²) in [5.74, 6) is 0.882. The van der Waals surface area contributed by atoms with E-state index in [9.17, 15) is 5.11 Å². The molecule has 3 aromatic carbocycles. The maximum absolute atomic E-state index is 12.1. The lowest BCUT2D eigenvalue weighted by atomic mass is 9.80. The second-order valence-corrected chi connectivity index (χ2v) is 18.6. The van der Waals surface area contributed by atoms with Crippen molar-refractivity contribution in [3.05, 3.63) is 113 Å². The number of benzene rings is 3. The molecule has 48 heavy (non-hydrogen) atoms. The Morgan fingerprint density at radius 3 is 2.06 bits per heavy atom. The number of aliphatic hydroxyl groups excluding tert-OH is 1. The van der Waals surface area contributed by atoms with Gasteiger partial charge in [0.15, 0.2) is 26.0 Å². The Morgan fingerprint density at radius 2 is 1.50 bits per heavy atom. The number of anilines is 1. The Morgan fingerprint density at radius 1 is 0.917 bits per heavy atom. The van der Waals surface area contributed by atoms with Gasteiger partial charge in [0.05, 0.1) is 20.0 Å². The number of nitrogens with two attached hydrogens (primary N) is 1. The number of hydrogen-bond acceptors (Lipinski definition) is 9. The molecule has 10 nitrogen and oxygen atoms in total. The van der Waals surface area contributed by atoms with Crippen molar-refractivity contribution in [2.45, 2.75) is 69.0 Å². The molecule has 252 valence electrons. The minimum Gasteiger partial charge on any atom is -0.497 e. The number of imidazole rings is 1. The van der Waals surface area contributed by atoms with E-state index in [0.717, 1.165) is 22.4 Å². The molecule has 5 aromatic rings. The lowest BCUT2D eigenvalue weighted by molar-refractivity contribution is -0.0940. The van der Waals surface area contributed by atoms with Gasteiger partial charge < -0.3 is 29.5 Å². The first-order chi connectivity index (χ1) is 22.9. The third kappa shape index (κ3) is 6.22. The van der Waals surface area contributed by atoms with Crippen LogP contribution in [0.25, 0.3) is 11.2 Å². The van der Waals surface area contributed by atoms with Crippen molar-refractivity contribution in [1.82, 2.24) is 19.5 Å². The van der Waals surface area contributed by atoms with Gasteiger partial charge in [-0.3, -0.25) is 4.57 Å². The monoisotopic (exact) mass is 687 g/mol. The number of aromatic nitrogens is 4. The maximum Gasteiger partial charge on any atom is 0.226 e. The summed E-state index contributed by atoms with van der Waals surface area (Å²) in [7, 11) is -0.780. The number of ether oxygens (including phenoxy) is 3. The molecular weight excluding hydrogens is 646 g/mol. The quantitative estimate of drug-likeness (QED) is 0.0934. The molecule has 3 heterocycles. The number of nitrogens with zero attached hydrogens (tertiary/aromatic N) is 4. The first-order valence-corrected chi connectivity index (χ1v) is 19.2. The Kier molecular flexibility index (Phi) is 9.38. The number of hydrogen-bond donors (Lipinski definition) is 2. The number of fused-ring (bicyclic) bond motifs is 1. The van der Waals surface area contributed by atoms with Gasteiger partial charge in [-0.25, -0.2) is 4.98 Å². The molecule has 0 aliphatic carbocycles. The van der Waals surface area contributed by atoms with E-state index in [1.54, 1.807) is 18.0 Å². The van der Waals surface area contributed by atoms with Crippen molar-refractivity contribution in [2.75, 3.05) is 19.5 Å². The summed E-state index contributed by atoms with van der Waals surface area (Å²) in [5.41, 5.74) is 8.59. The number of halogens is 1. The molecule has 1 aliphatic heterocycles. The Labute approximate surface area is 286 Å². The second-order valence-electron chi connectivity index (χ2n) is 13.6. The van der Waals surface area contributed by atoms with Crippen LogP contribution >= 0.6 is 11.6 Å². The highest BCUT2D eigenvalue weighted by Crippen LogP contribution is 2.45. The van der Waals surface area contributed by atoms with Gasteiger partial charge in [-0.1, -0.05) is 93.6 Å².